The number of amides is 12. The number of aliphatic hydroxyl groups is 1. The summed E-state index contributed by atoms with van der Waals surface area (Å²) in [6.07, 6.45) is 2.06. The van der Waals surface area contributed by atoms with E-state index in [0.29, 0.717) is 17.5 Å². The predicted molar refractivity (Wildman–Crippen MR) is 362 cm³/mol. The van der Waals surface area contributed by atoms with Crippen LogP contribution in [0.25, 0.3) is 10.9 Å². The molecule has 3 aromatic rings. The number of guanidine groups is 1. The lowest BCUT2D eigenvalue weighted by molar-refractivity contribution is -0.145. The number of nitrogens with one attached hydrogen (secondary N) is 10. The van der Waals surface area contributed by atoms with Gasteiger partial charge in [0.25, 0.3) is 0 Å². The lowest BCUT2D eigenvalue weighted by Gasteiger charge is -2.32. The van der Waals surface area contributed by atoms with Crippen molar-refractivity contribution in [3.63, 3.8) is 0 Å². The molecule has 3 heterocycles. The summed E-state index contributed by atoms with van der Waals surface area (Å²) in [6, 6.07) is -1.27. The smallest absolute Gasteiger partial charge is 0.326 e. The number of carboxylic acid groups (broad SMARTS) is 1. The van der Waals surface area contributed by atoms with E-state index in [1.807, 2.05) is 38.1 Å². The van der Waals surface area contributed by atoms with E-state index in [9.17, 15) is 77.6 Å². The summed E-state index contributed by atoms with van der Waals surface area (Å²) in [5, 5.41) is 53.7. The Morgan fingerprint density at radius 1 is 0.586 bits per heavy atom. The monoisotopic (exact) mass is 1390 g/mol. The number of primary amides is 1. The van der Waals surface area contributed by atoms with Crippen LogP contribution >= 0.6 is 0 Å². The lowest BCUT2D eigenvalue weighted by Crippen LogP contribution is -2.60. The highest BCUT2D eigenvalue weighted by Gasteiger charge is 2.43. The number of likely N-dealkylation sites (tertiary alicyclic amines) is 2. The Morgan fingerprint density at radius 3 is 1.67 bits per heavy atom. The van der Waals surface area contributed by atoms with Gasteiger partial charge in [-0.15, -0.1) is 0 Å². The molecule has 33 nitrogen and oxygen atoms in total. The SMILES string of the molecule is CC(C)C[C@H](NC(=O)[C@H](C)NC(=O)[C@@H](N)Cc1ccc(O)cc1)C(=O)NCC(=O)N[C@@H](CO)C(=O)N[C@@H](CC(N)=O)C(=O)N1CCC[C@H]1C(=O)N[C@@H](CC(C)C)C(=O)N[C@@H](CCCN=C(N)N)C(=O)N[C@@H](CC(C)C)C(=O)N1CCC[C@H]1C(=O)N[C@@H](Cc1c[nH]c2ccccc12)C(=O)O. The molecule has 2 fully saturated rings. The van der Waals surface area contributed by atoms with Gasteiger partial charge in [0.15, 0.2) is 5.96 Å². The van der Waals surface area contributed by atoms with Crippen LogP contribution in [0, 0.1) is 17.8 Å². The Labute approximate surface area is 574 Å². The number of aromatic nitrogens is 1. The van der Waals surface area contributed by atoms with Crippen LogP contribution in [0.1, 0.15) is 124 Å². The highest BCUT2D eigenvalue weighted by Crippen LogP contribution is 2.25. The van der Waals surface area contributed by atoms with E-state index in [1.165, 1.54) is 24.0 Å². The summed E-state index contributed by atoms with van der Waals surface area (Å²) < 4.78 is 0. The fraction of sp³-hybridized carbons (Fsp3) is 0.576. The maximum absolute atomic E-state index is 14.6. The number of hydrogen-bond donors (Lipinski definition) is 17. The quantitative estimate of drug-likeness (QED) is 0.0156. The van der Waals surface area contributed by atoms with Gasteiger partial charge < -0.3 is 101 Å². The van der Waals surface area contributed by atoms with Gasteiger partial charge in [0.2, 0.25) is 70.9 Å². The zero-order valence-corrected chi connectivity index (χ0v) is 57.1. The number of aliphatic carboxylic acids is 1. The molecule has 0 unspecified atom stereocenters. The van der Waals surface area contributed by atoms with Crippen LogP contribution in [0.15, 0.2) is 59.7 Å². The van der Waals surface area contributed by atoms with Crippen molar-refractivity contribution in [2.45, 2.75) is 192 Å². The molecular formula is C66H99N17O16. The van der Waals surface area contributed by atoms with E-state index in [4.69, 9.17) is 22.9 Å². The average Bonchev–Trinajstić information content (AvgIpc) is 1.73. The fourth-order valence-electron chi connectivity index (χ4n) is 11.7. The third-order valence-corrected chi connectivity index (χ3v) is 16.7. The topological polar surface area (TPSA) is 530 Å². The van der Waals surface area contributed by atoms with Gasteiger partial charge in [-0.25, -0.2) is 4.79 Å². The van der Waals surface area contributed by atoms with Crippen molar-refractivity contribution < 1.29 is 77.6 Å². The van der Waals surface area contributed by atoms with E-state index in [2.05, 4.69) is 57.8 Å². The molecular weight excluding hydrogens is 1290 g/mol. The zero-order chi connectivity index (χ0) is 73.4. The molecule has 99 heavy (non-hydrogen) atoms. The van der Waals surface area contributed by atoms with E-state index in [-0.39, 0.29) is 113 Å². The minimum Gasteiger partial charge on any atom is -0.508 e. The number of phenols is 1. The number of aromatic amines is 1. The summed E-state index contributed by atoms with van der Waals surface area (Å²) in [4.78, 5) is 187. The van der Waals surface area contributed by atoms with E-state index in [1.54, 1.807) is 46.0 Å². The molecule has 2 saturated heterocycles. The van der Waals surface area contributed by atoms with E-state index < -0.39 is 163 Å². The molecule has 544 valence electrons. The molecule has 0 aliphatic carbocycles. The maximum atomic E-state index is 14.6. The van der Waals surface area contributed by atoms with Crippen molar-refractivity contribution in [3.8, 4) is 5.75 Å². The maximum Gasteiger partial charge on any atom is 0.326 e. The number of carboxylic acids is 1. The molecule has 2 aliphatic rings. The highest BCUT2D eigenvalue weighted by molar-refractivity contribution is 6.00. The number of aliphatic imine (C=N–C) groups is 1. The Kier molecular flexibility index (Phi) is 30.8. The number of aromatic hydroxyl groups is 1. The number of nitrogens with two attached hydrogens (primary N) is 4. The first kappa shape index (κ1) is 79.8. The number of para-hydroxylation sites is 1. The summed E-state index contributed by atoms with van der Waals surface area (Å²) in [5.74, 6) is -12.3. The van der Waals surface area contributed by atoms with Crippen LogP contribution < -0.4 is 70.8 Å². The van der Waals surface area contributed by atoms with Crippen molar-refractivity contribution in [1.82, 2.24) is 62.6 Å². The number of rotatable bonds is 38. The van der Waals surface area contributed by atoms with E-state index in [0.717, 1.165) is 15.8 Å². The summed E-state index contributed by atoms with van der Waals surface area (Å²) in [5.41, 5.74) is 24.9. The van der Waals surface area contributed by atoms with Gasteiger partial charge in [-0.05, 0) is 118 Å². The number of carbonyl (C=O) groups excluding carboxylic acids is 12. The Bertz CT molecular complexity index is 3370. The second-order valence-corrected chi connectivity index (χ2v) is 26.4. The fourth-order valence-corrected chi connectivity index (χ4v) is 11.7. The van der Waals surface area contributed by atoms with Gasteiger partial charge in [-0.2, -0.15) is 0 Å². The number of hydrogen-bond acceptors (Lipinski definition) is 17. The van der Waals surface area contributed by atoms with Gasteiger partial charge >= 0.3 is 5.97 Å². The first-order valence-electron chi connectivity index (χ1n) is 33.3. The molecule has 0 radical (unpaired) electrons. The second-order valence-electron chi connectivity index (χ2n) is 26.4. The first-order chi connectivity index (χ1) is 46.8. The molecule has 11 atom stereocenters. The average molecular weight is 1390 g/mol. The molecule has 0 bridgehead atoms. The molecule has 0 saturated carbocycles. The van der Waals surface area contributed by atoms with Crippen molar-refractivity contribution in [2.75, 3.05) is 32.8 Å². The largest absolute Gasteiger partial charge is 0.508 e. The van der Waals surface area contributed by atoms with Crippen LogP contribution in [0.4, 0.5) is 0 Å². The van der Waals surface area contributed by atoms with Gasteiger partial charge in [0, 0.05) is 43.2 Å². The van der Waals surface area contributed by atoms with Crippen molar-refractivity contribution in [1.29, 1.82) is 0 Å². The molecule has 12 amide bonds. The summed E-state index contributed by atoms with van der Waals surface area (Å²) in [7, 11) is 0. The van der Waals surface area contributed by atoms with Crippen molar-refractivity contribution in [2.24, 2.45) is 45.7 Å². The zero-order valence-electron chi connectivity index (χ0n) is 57.1. The number of aliphatic hydroxyl groups excluding tert-OH is 1. The third-order valence-electron chi connectivity index (χ3n) is 16.7. The van der Waals surface area contributed by atoms with Crippen molar-refractivity contribution in [3.05, 3.63) is 65.9 Å². The van der Waals surface area contributed by atoms with Gasteiger partial charge in [0.05, 0.1) is 25.6 Å². The van der Waals surface area contributed by atoms with Crippen molar-refractivity contribution >= 4 is 93.7 Å². The molecule has 1 aromatic heterocycles. The number of H-pyrrole nitrogens is 1. The molecule has 21 N–H and O–H groups in total. The summed E-state index contributed by atoms with van der Waals surface area (Å²) in [6.45, 7) is 10.3. The van der Waals surface area contributed by atoms with Crippen LogP contribution in [0.2, 0.25) is 0 Å². The number of phenolic OH excluding ortho intramolecular Hbond substituents is 1. The summed E-state index contributed by atoms with van der Waals surface area (Å²) >= 11 is 0. The van der Waals surface area contributed by atoms with Crippen LogP contribution in [0.5, 0.6) is 5.75 Å². The third kappa shape index (κ3) is 24.8. The molecule has 0 spiro atoms. The number of benzene rings is 2. The first-order valence-corrected chi connectivity index (χ1v) is 33.3. The Hall–Kier alpha value is -9.92. The second kappa shape index (κ2) is 38.3. The molecule has 2 aromatic carbocycles. The van der Waals surface area contributed by atoms with Crippen LogP contribution in [-0.2, 0) is 75.2 Å². The standard InChI is InChI=1S/C66H99N17O16/c1-34(2)25-45(77-55(88)37(7)74-56(89)42(67)28-38-18-20-40(85)21-19-38)57(90)73-32-54(87)75-50(33-84)60(93)80-48(30-53(68)86)64(97)83-24-11-16-51(83)61(94)78-46(26-35(3)4)59(92)76-44(15-10-22-71-66(69)70)58(91)79-47(27-36(5)6)63(96)82-23-12-17-52(82)62(95)81-49(65(98)99)29-39-31-72-43-14-9-8-13-41(39)43/h8-9,13-14,18-21,31,34-37,42,44-52,72,84-85H,10-12,15-17,22-30,32-33,67H2,1-7H3,(H2,68,86)(H,73,90)(H,74,89)(H,75,87)(H,76,92)(H,77,88)(H,78,94)(H,79,91)(H,80,93)(H,81,95)(H,98,99)(H4,69,70,71)/t37-,42-,44-,45-,46-,47-,48-,49-,50-,51-,52-/m0/s1. The van der Waals surface area contributed by atoms with Crippen LogP contribution in [-0.4, -0.2) is 212 Å². The molecule has 5 rings (SSSR count). The van der Waals surface area contributed by atoms with Gasteiger partial charge in [-0.1, -0.05) is 71.9 Å². The minimum absolute atomic E-state index is 0.00667. The van der Waals surface area contributed by atoms with Gasteiger partial charge in [-0.3, -0.25) is 62.5 Å². The lowest BCUT2D eigenvalue weighted by atomic mass is 10.00. The molecule has 2 aliphatic heterocycles. The normalized spacial score (nSPS) is 17.1. The van der Waals surface area contributed by atoms with Crippen LogP contribution in [0.3, 0.4) is 0 Å². The number of nitrogens with zero attached hydrogens (tertiary/aromatic N) is 3. The predicted octanol–water partition coefficient (Wildman–Crippen LogP) is -2.87. The molecule has 33 heteroatoms. The number of fused-ring (bicyclic) bond motifs is 1. The van der Waals surface area contributed by atoms with Gasteiger partial charge in [0.1, 0.15) is 66.2 Å². The Morgan fingerprint density at radius 2 is 1.10 bits per heavy atom. The Balaban J connectivity index is 1.23. The minimum atomic E-state index is -1.78. The highest BCUT2D eigenvalue weighted by atomic mass is 16.4. The van der Waals surface area contributed by atoms with E-state index >= 15 is 0 Å². The number of carbonyl (C=O) groups is 13.